The first-order valence-electron chi connectivity index (χ1n) is 9.26. The van der Waals surface area contributed by atoms with Gasteiger partial charge in [0.15, 0.2) is 11.5 Å². The largest absolute Gasteiger partial charge is 0.504 e. The van der Waals surface area contributed by atoms with Crippen LogP contribution in [0.3, 0.4) is 0 Å². The number of aromatic nitrogens is 2. The minimum atomic E-state index is 0.230. The first-order valence-corrected chi connectivity index (χ1v) is 9.26. The minimum absolute atomic E-state index is 0.230. The number of rotatable bonds is 3. The van der Waals surface area contributed by atoms with Gasteiger partial charge in [0, 0.05) is 30.3 Å². The Kier molecular flexibility index (Phi) is 3.37. The molecule has 0 spiro atoms. The number of nitrogens with zero attached hydrogens (tertiary/aromatic N) is 3. The summed E-state index contributed by atoms with van der Waals surface area (Å²) in [5.74, 6) is 3.58. The fraction of sp³-hybridized carbons (Fsp3) is 0.500. The van der Waals surface area contributed by atoms with Crippen molar-refractivity contribution in [1.82, 2.24) is 9.97 Å². The number of ether oxygens (including phenoxy) is 1. The van der Waals surface area contributed by atoms with E-state index in [-0.39, 0.29) is 5.75 Å². The fourth-order valence-corrected chi connectivity index (χ4v) is 4.13. The van der Waals surface area contributed by atoms with Crippen molar-refractivity contribution >= 4 is 5.82 Å². The van der Waals surface area contributed by atoms with Crippen LogP contribution >= 0.6 is 0 Å². The Morgan fingerprint density at radius 1 is 1.12 bits per heavy atom. The van der Waals surface area contributed by atoms with Crippen LogP contribution in [0.25, 0.3) is 0 Å². The number of benzene rings is 1. The smallest absolute Gasteiger partial charge is 0.160 e. The lowest BCUT2D eigenvalue weighted by atomic mass is 9.98. The first kappa shape index (κ1) is 15.0. The van der Waals surface area contributed by atoms with Crippen LogP contribution in [0.5, 0.6) is 11.5 Å². The maximum absolute atomic E-state index is 10.0. The lowest BCUT2D eigenvalue weighted by molar-refractivity contribution is 0.372. The van der Waals surface area contributed by atoms with E-state index in [1.165, 1.54) is 41.6 Å². The molecule has 1 aromatic heterocycles. The van der Waals surface area contributed by atoms with Crippen molar-refractivity contribution in [3.05, 3.63) is 40.3 Å². The van der Waals surface area contributed by atoms with Gasteiger partial charge in [0.05, 0.1) is 7.11 Å². The number of phenolic OH excluding ortho intramolecular Hbond substituents is 1. The summed E-state index contributed by atoms with van der Waals surface area (Å²) >= 11 is 0. The third-order valence-corrected chi connectivity index (χ3v) is 5.68. The van der Waals surface area contributed by atoms with Crippen LogP contribution in [0.2, 0.25) is 0 Å². The van der Waals surface area contributed by atoms with Crippen LogP contribution in [-0.2, 0) is 25.8 Å². The van der Waals surface area contributed by atoms with Gasteiger partial charge >= 0.3 is 0 Å². The monoisotopic (exact) mass is 337 g/mol. The van der Waals surface area contributed by atoms with Crippen LogP contribution in [0, 0.1) is 0 Å². The van der Waals surface area contributed by atoms with Crippen molar-refractivity contribution in [2.45, 2.75) is 51.0 Å². The van der Waals surface area contributed by atoms with E-state index in [1.54, 1.807) is 7.11 Å². The van der Waals surface area contributed by atoms with Gasteiger partial charge in [-0.05, 0) is 61.8 Å². The third-order valence-electron chi connectivity index (χ3n) is 5.68. The van der Waals surface area contributed by atoms with E-state index in [1.807, 2.05) is 12.1 Å². The van der Waals surface area contributed by atoms with Crippen molar-refractivity contribution in [3.8, 4) is 11.5 Å². The molecule has 1 saturated carbocycles. The van der Waals surface area contributed by atoms with Crippen molar-refractivity contribution in [3.63, 3.8) is 0 Å². The fourth-order valence-electron chi connectivity index (χ4n) is 4.13. The highest BCUT2D eigenvalue weighted by atomic mass is 16.5. The summed E-state index contributed by atoms with van der Waals surface area (Å²) in [6.45, 7) is 1.76. The topological polar surface area (TPSA) is 58.5 Å². The molecule has 5 rings (SSSR count). The van der Waals surface area contributed by atoms with Crippen molar-refractivity contribution < 1.29 is 9.84 Å². The van der Waals surface area contributed by atoms with Crippen LogP contribution in [0.1, 0.15) is 53.4 Å². The van der Waals surface area contributed by atoms with Crippen LogP contribution < -0.4 is 9.64 Å². The molecule has 25 heavy (non-hydrogen) atoms. The molecule has 1 N–H and O–H groups in total. The molecule has 0 saturated heterocycles. The summed E-state index contributed by atoms with van der Waals surface area (Å²) in [7, 11) is 1.60. The molecule has 1 aliphatic heterocycles. The van der Waals surface area contributed by atoms with Crippen LogP contribution in [-0.4, -0.2) is 28.7 Å². The number of methoxy groups -OCH3 is 1. The molecule has 1 aromatic carbocycles. The predicted molar refractivity (Wildman–Crippen MR) is 95.4 cm³/mol. The number of aromatic hydroxyl groups is 1. The summed E-state index contributed by atoms with van der Waals surface area (Å²) in [5.41, 5.74) is 5.07. The van der Waals surface area contributed by atoms with E-state index in [4.69, 9.17) is 14.7 Å². The second kappa shape index (κ2) is 5.61. The lowest BCUT2D eigenvalue weighted by Gasteiger charge is -2.31. The second-order valence-electron chi connectivity index (χ2n) is 7.42. The molecule has 2 aromatic rings. The highest BCUT2D eigenvalue weighted by Gasteiger charge is 2.31. The standard InChI is InChI=1S/C20H23N3O2/c1-25-18-10-14-11-23(8-7-13(14)9-17(18)24)20-15-3-2-4-16(15)21-19(22-20)12-5-6-12/h9-10,12,24H,2-8,11H2,1H3. The number of hydrogen-bond acceptors (Lipinski definition) is 5. The van der Waals surface area contributed by atoms with Crippen molar-refractivity contribution in [2.75, 3.05) is 18.6 Å². The van der Waals surface area contributed by atoms with Gasteiger partial charge in [-0.15, -0.1) is 0 Å². The van der Waals surface area contributed by atoms with E-state index in [9.17, 15) is 5.11 Å². The molecule has 0 atom stereocenters. The van der Waals surface area contributed by atoms with Gasteiger partial charge in [-0.25, -0.2) is 9.97 Å². The van der Waals surface area contributed by atoms with E-state index in [2.05, 4.69) is 4.90 Å². The number of fused-ring (bicyclic) bond motifs is 2. The number of anilines is 1. The molecule has 5 nitrogen and oxygen atoms in total. The summed E-state index contributed by atoms with van der Waals surface area (Å²) in [6.07, 6.45) is 6.77. The Bertz CT molecular complexity index is 845. The lowest BCUT2D eigenvalue weighted by Crippen LogP contribution is -2.32. The molecule has 1 fully saturated rings. The van der Waals surface area contributed by atoms with E-state index < -0.39 is 0 Å². The number of hydrogen-bond donors (Lipinski definition) is 1. The quantitative estimate of drug-likeness (QED) is 0.932. The maximum atomic E-state index is 10.0. The molecule has 130 valence electrons. The predicted octanol–water partition coefficient (Wildman–Crippen LogP) is 3.12. The average Bonchev–Trinajstić information content (AvgIpc) is 3.37. The molecule has 0 bridgehead atoms. The molecular formula is C20H23N3O2. The molecular weight excluding hydrogens is 314 g/mol. The Labute approximate surface area is 147 Å². The zero-order valence-corrected chi connectivity index (χ0v) is 14.6. The number of phenols is 1. The van der Waals surface area contributed by atoms with Gasteiger partial charge in [-0.1, -0.05) is 0 Å². The minimum Gasteiger partial charge on any atom is -0.504 e. The molecule has 2 heterocycles. The van der Waals surface area contributed by atoms with E-state index >= 15 is 0 Å². The Morgan fingerprint density at radius 2 is 2.00 bits per heavy atom. The van der Waals surface area contributed by atoms with Gasteiger partial charge in [0.2, 0.25) is 0 Å². The summed E-state index contributed by atoms with van der Waals surface area (Å²) in [6, 6.07) is 3.82. The first-order chi connectivity index (χ1) is 12.2. The van der Waals surface area contributed by atoms with Crippen LogP contribution in [0.15, 0.2) is 12.1 Å². The third kappa shape index (κ3) is 2.53. The molecule has 0 amide bonds. The zero-order chi connectivity index (χ0) is 17.0. The molecule has 0 unspecified atom stereocenters. The maximum Gasteiger partial charge on any atom is 0.160 e. The normalized spacial score (nSPS) is 18.8. The molecule has 5 heteroatoms. The summed E-state index contributed by atoms with van der Waals surface area (Å²) in [5, 5.41) is 10.0. The molecule has 0 radical (unpaired) electrons. The van der Waals surface area contributed by atoms with E-state index in [0.717, 1.165) is 44.0 Å². The number of aryl methyl sites for hydroxylation is 1. The molecule has 2 aliphatic carbocycles. The highest BCUT2D eigenvalue weighted by molar-refractivity contribution is 5.55. The van der Waals surface area contributed by atoms with Gasteiger partial charge in [0.1, 0.15) is 11.6 Å². The van der Waals surface area contributed by atoms with Gasteiger partial charge in [0.25, 0.3) is 0 Å². The summed E-state index contributed by atoms with van der Waals surface area (Å²) < 4.78 is 5.29. The Hall–Kier alpha value is -2.30. The zero-order valence-electron chi connectivity index (χ0n) is 14.6. The van der Waals surface area contributed by atoms with E-state index in [0.29, 0.717) is 11.7 Å². The molecule has 3 aliphatic rings. The van der Waals surface area contributed by atoms with Gasteiger partial charge in [-0.3, -0.25) is 0 Å². The van der Waals surface area contributed by atoms with Gasteiger partial charge < -0.3 is 14.7 Å². The van der Waals surface area contributed by atoms with Crippen molar-refractivity contribution in [2.24, 2.45) is 0 Å². The Morgan fingerprint density at radius 3 is 2.80 bits per heavy atom. The SMILES string of the molecule is COc1cc2c(cc1O)CCN(c1nc(C3CC3)nc3c1CCC3)C2. The average molecular weight is 337 g/mol. The highest BCUT2D eigenvalue weighted by Crippen LogP contribution is 2.41. The summed E-state index contributed by atoms with van der Waals surface area (Å²) in [4.78, 5) is 12.3. The Balaban J connectivity index is 1.53. The second-order valence-corrected chi connectivity index (χ2v) is 7.42. The van der Waals surface area contributed by atoms with Crippen molar-refractivity contribution in [1.29, 1.82) is 0 Å². The van der Waals surface area contributed by atoms with Gasteiger partial charge in [-0.2, -0.15) is 0 Å². The van der Waals surface area contributed by atoms with Crippen LogP contribution in [0.4, 0.5) is 5.82 Å².